The highest BCUT2D eigenvalue weighted by Gasteiger charge is 2.32. The molecule has 1 aliphatic heterocycles. The van der Waals surface area contributed by atoms with Gasteiger partial charge in [0.1, 0.15) is 11.4 Å². The Kier molecular flexibility index (Phi) is 2.82. The molecule has 1 atom stereocenters. The van der Waals surface area contributed by atoms with Crippen molar-refractivity contribution in [3.63, 3.8) is 0 Å². The zero-order valence-corrected chi connectivity index (χ0v) is 12.0. The van der Waals surface area contributed by atoms with E-state index in [2.05, 4.69) is 44.3 Å². The fraction of sp³-hybridized carbons (Fsp3) is 0.500. The molecule has 0 radical (unpaired) electrons. The first-order valence-electron chi connectivity index (χ1n) is 6.95. The molecule has 2 aromatic rings. The lowest BCUT2D eigenvalue weighted by Gasteiger charge is -2.16. The molecule has 0 saturated carbocycles. The second-order valence-corrected chi connectivity index (χ2v) is 5.91. The third-order valence-corrected chi connectivity index (χ3v) is 3.84. The van der Waals surface area contributed by atoms with Gasteiger partial charge in [-0.3, -0.25) is 0 Å². The molecule has 0 amide bonds. The lowest BCUT2D eigenvalue weighted by Crippen LogP contribution is -2.24. The number of fused-ring (bicyclic) bond motifs is 3. The molecule has 1 aromatic heterocycles. The van der Waals surface area contributed by atoms with Crippen LogP contribution in [0.3, 0.4) is 0 Å². The van der Waals surface area contributed by atoms with E-state index in [4.69, 9.17) is 9.15 Å². The lowest BCUT2D eigenvalue weighted by molar-refractivity contribution is 0.138. The van der Waals surface area contributed by atoms with E-state index in [0.29, 0.717) is 0 Å². The van der Waals surface area contributed by atoms with Crippen LogP contribution in [0.15, 0.2) is 22.6 Å². The topological polar surface area (TPSA) is 34.4 Å². The van der Waals surface area contributed by atoms with Crippen LogP contribution in [0.2, 0.25) is 0 Å². The molecule has 0 fully saturated rings. The summed E-state index contributed by atoms with van der Waals surface area (Å²) in [5.41, 5.74) is 2.01. The summed E-state index contributed by atoms with van der Waals surface area (Å²) in [7, 11) is 1.96. The number of nitrogens with one attached hydrogen (secondary N) is 1. The molecular formula is C16H21NO2. The first kappa shape index (κ1) is 12.5. The van der Waals surface area contributed by atoms with Gasteiger partial charge < -0.3 is 14.5 Å². The molecule has 102 valence electrons. The summed E-state index contributed by atoms with van der Waals surface area (Å²) in [6, 6.07) is 6.67. The second-order valence-electron chi connectivity index (χ2n) is 5.91. The smallest absolute Gasteiger partial charge is 0.176 e. The number of benzene rings is 1. The van der Waals surface area contributed by atoms with Gasteiger partial charge in [0.05, 0.1) is 6.04 Å². The maximum absolute atomic E-state index is 6.06. The fourth-order valence-corrected chi connectivity index (χ4v) is 2.88. The van der Waals surface area contributed by atoms with Crippen molar-refractivity contribution < 1.29 is 9.15 Å². The van der Waals surface area contributed by atoms with Crippen molar-refractivity contribution >= 4 is 11.0 Å². The molecule has 2 heterocycles. The summed E-state index contributed by atoms with van der Waals surface area (Å²) in [5.74, 6) is 1.92. The van der Waals surface area contributed by atoms with Gasteiger partial charge >= 0.3 is 0 Å². The Morgan fingerprint density at radius 1 is 1.37 bits per heavy atom. The van der Waals surface area contributed by atoms with E-state index < -0.39 is 0 Å². The van der Waals surface area contributed by atoms with E-state index in [1.807, 2.05) is 7.05 Å². The van der Waals surface area contributed by atoms with Gasteiger partial charge in [0, 0.05) is 17.4 Å². The third-order valence-electron chi connectivity index (χ3n) is 3.84. The largest absolute Gasteiger partial charge is 0.483 e. The minimum atomic E-state index is -0.128. The molecule has 1 unspecified atom stereocenters. The summed E-state index contributed by atoms with van der Waals surface area (Å²) < 4.78 is 12.1. The summed E-state index contributed by atoms with van der Waals surface area (Å²) in [6.45, 7) is 6.38. The van der Waals surface area contributed by atoms with Gasteiger partial charge in [-0.25, -0.2) is 0 Å². The molecule has 3 rings (SSSR count). The Labute approximate surface area is 113 Å². The van der Waals surface area contributed by atoms with Crippen LogP contribution >= 0.6 is 0 Å². The van der Waals surface area contributed by atoms with E-state index in [-0.39, 0.29) is 11.6 Å². The molecule has 0 spiro atoms. The first-order valence-corrected chi connectivity index (χ1v) is 6.95. The zero-order chi connectivity index (χ0) is 13.6. The SMILES string of the molecule is CCC(NC)c1cc2ccc3c(c2o1)OC(C)(C)C3. The maximum atomic E-state index is 6.06. The van der Waals surface area contributed by atoms with Crippen molar-refractivity contribution in [2.45, 2.75) is 45.3 Å². The van der Waals surface area contributed by atoms with Crippen LogP contribution in [0, 0.1) is 0 Å². The standard InChI is InChI=1S/C16H21NO2/c1-5-12(17-4)13-8-10-6-7-11-9-16(2,3)19-15(11)14(10)18-13/h6-8,12,17H,5,9H2,1-4H3. The summed E-state index contributed by atoms with van der Waals surface area (Å²) in [4.78, 5) is 0. The second kappa shape index (κ2) is 4.27. The average molecular weight is 259 g/mol. The zero-order valence-electron chi connectivity index (χ0n) is 12.0. The van der Waals surface area contributed by atoms with Crippen LogP contribution in [0.1, 0.15) is 44.6 Å². The van der Waals surface area contributed by atoms with E-state index in [1.54, 1.807) is 0 Å². The molecule has 3 heteroatoms. The molecule has 1 aliphatic rings. The van der Waals surface area contributed by atoms with Crippen molar-refractivity contribution in [3.8, 4) is 5.75 Å². The fourth-order valence-electron chi connectivity index (χ4n) is 2.88. The van der Waals surface area contributed by atoms with Gasteiger partial charge in [-0.1, -0.05) is 19.1 Å². The normalized spacial score (nSPS) is 18.3. The molecule has 1 aromatic carbocycles. The van der Waals surface area contributed by atoms with E-state index in [1.165, 1.54) is 5.56 Å². The van der Waals surface area contributed by atoms with Crippen LogP contribution in [-0.2, 0) is 6.42 Å². The Balaban J connectivity index is 2.11. The van der Waals surface area contributed by atoms with Crippen molar-refractivity contribution in [2.75, 3.05) is 7.05 Å². The minimum absolute atomic E-state index is 0.128. The number of ether oxygens (including phenoxy) is 1. The van der Waals surface area contributed by atoms with Gasteiger partial charge in [-0.15, -0.1) is 0 Å². The predicted molar refractivity (Wildman–Crippen MR) is 76.7 cm³/mol. The first-order chi connectivity index (χ1) is 9.04. The predicted octanol–water partition coefficient (Wildman–Crippen LogP) is 3.82. The summed E-state index contributed by atoms with van der Waals surface area (Å²) in [6.07, 6.45) is 1.95. The highest BCUT2D eigenvalue weighted by atomic mass is 16.5. The number of hydrogen-bond acceptors (Lipinski definition) is 3. The van der Waals surface area contributed by atoms with Crippen LogP contribution in [-0.4, -0.2) is 12.6 Å². The highest BCUT2D eigenvalue weighted by molar-refractivity contribution is 5.86. The van der Waals surface area contributed by atoms with Gasteiger partial charge in [0.2, 0.25) is 0 Å². The van der Waals surface area contributed by atoms with Gasteiger partial charge in [-0.05, 0) is 33.4 Å². The number of hydrogen-bond donors (Lipinski definition) is 1. The molecule has 0 saturated heterocycles. The van der Waals surface area contributed by atoms with Crippen molar-refractivity contribution in [2.24, 2.45) is 0 Å². The Morgan fingerprint density at radius 3 is 2.84 bits per heavy atom. The number of rotatable bonds is 3. The monoisotopic (exact) mass is 259 g/mol. The van der Waals surface area contributed by atoms with E-state index in [0.717, 1.165) is 35.3 Å². The van der Waals surface area contributed by atoms with Crippen molar-refractivity contribution in [3.05, 3.63) is 29.5 Å². The molecule has 0 bridgehead atoms. The van der Waals surface area contributed by atoms with Crippen molar-refractivity contribution in [1.82, 2.24) is 5.32 Å². The van der Waals surface area contributed by atoms with Gasteiger partial charge in [0.15, 0.2) is 11.3 Å². The van der Waals surface area contributed by atoms with Gasteiger partial charge in [-0.2, -0.15) is 0 Å². The lowest BCUT2D eigenvalue weighted by atomic mass is 10.0. The van der Waals surface area contributed by atoms with Crippen LogP contribution in [0.5, 0.6) is 5.75 Å². The highest BCUT2D eigenvalue weighted by Crippen LogP contribution is 2.42. The van der Waals surface area contributed by atoms with E-state index >= 15 is 0 Å². The Bertz CT molecular complexity index is 608. The minimum Gasteiger partial charge on any atom is -0.483 e. The van der Waals surface area contributed by atoms with Crippen LogP contribution in [0.4, 0.5) is 0 Å². The van der Waals surface area contributed by atoms with Crippen molar-refractivity contribution in [1.29, 1.82) is 0 Å². The molecule has 0 aliphatic carbocycles. The molecule has 19 heavy (non-hydrogen) atoms. The Hall–Kier alpha value is -1.48. The van der Waals surface area contributed by atoms with Gasteiger partial charge in [0.25, 0.3) is 0 Å². The van der Waals surface area contributed by atoms with Crippen LogP contribution in [0.25, 0.3) is 11.0 Å². The maximum Gasteiger partial charge on any atom is 0.176 e. The third kappa shape index (κ3) is 2.02. The molecule has 1 N–H and O–H groups in total. The average Bonchev–Trinajstić information content (AvgIpc) is 2.89. The number of furan rings is 1. The van der Waals surface area contributed by atoms with Crippen LogP contribution < -0.4 is 10.1 Å². The summed E-state index contributed by atoms with van der Waals surface area (Å²) >= 11 is 0. The Morgan fingerprint density at radius 2 is 2.16 bits per heavy atom. The quantitative estimate of drug-likeness (QED) is 0.910. The molecule has 3 nitrogen and oxygen atoms in total. The molecular weight excluding hydrogens is 238 g/mol. The summed E-state index contributed by atoms with van der Waals surface area (Å²) in [5, 5.41) is 4.40. The van der Waals surface area contributed by atoms with E-state index in [9.17, 15) is 0 Å².